The molecule has 7 heteroatoms. The van der Waals surface area contributed by atoms with E-state index in [1.54, 1.807) is 55.6 Å². The van der Waals surface area contributed by atoms with Crippen molar-refractivity contribution >= 4 is 29.0 Å². The Labute approximate surface area is 164 Å². The summed E-state index contributed by atoms with van der Waals surface area (Å²) in [7, 11) is 1.58. The van der Waals surface area contributed by atoms with E-state index in [1.165, 1.54) is 6.92 Å². The average Bonchev–Trinajstić information content (AvgIpc) is 2.68. The van der Waals surface area contributed by atoms with E-state index in [0.717, 1.165) is 4.90 Å². The van der Waals surface area contributed by atoms with E-state index in [-0.39, 0.29) is 30.7 Å². The van der Waals surface area contributed by atoms with Crippen molar-refractivity contribution in [3.05, 3.63) is 54.1 Å². The Morgan fingerprint density at radius 1 is 0.929 bits per heavy atom. The third kappa shape index (κ3) is 6.51. The molecule has 0 saturated heterocycles. The number of rotatable bonds is 9. The number of likely N-dealkylation sites (N-methyl/N-ethyl adjacent to an activating group) is 1. The smallest absolute Gasteiger partial charge is 0.279 e. The van der Waals surface area contributed by atoms with E-state index in [1.807, 2.05) is 6.92 Å². The van der Waals surface area contributed by atoms with Gasteiger partial charge >= 0.3 is 0 Å². The Balaban J connectivity index is 1.88. The lowest BCUT2D eigenvalue weighted by Crippen LogP contribution is -3.13. The molecule has 2 aromatic rings. The highest BCUT2D eigenvalue weighted by Gasteiger charge is 2.17. The number of hydrogen-bond acceptors (Lipinski definition) is 4. The molecule has 0 fully saturated rings. The van der Waals surface area contributed by atoms with Crippen molar-refractivity contribution in [2.24, 2.45) is 0 Å². The van der Waals surface area contributed by atoms with Gasteiger partial charge in [0.1, 0.15) is 5.75 Å². The van der Waals surface area contributed by atoms with E-state index in [0.29, 0.717) is 29.2 Å². The van der Waals surface area contributed by atoms with Crippen molar-refractivity contribution in [2.45, 2.75) is 13.8 Å². The molecule has 0 saturated carbocycles. The molecule has 2 amide bonds. The maximum Gasteiger partial charge on any atom is 0.279 e. The van der Waals surface area contributed by atoms with Crippen molar-refractivity contribution in [3.8, 4) is 5.75 Å². The quantitative estimate of drug-likeness (QED) is 0.570. The highest BCUT2D eigenvalue weighted by Crippen LogP contribution is 2.14. The number of quaternary nitrogens is 1. The number of amides is 2. The van der Waals surface area contributed by atoms with Crippen LogP contribution < -0.4 is 20.3 Å². The third-order valence-corrected chi connectivity index (χ3v) is 4.25. The maximum atomic E-state index is 12.3. The SMILES string of the molecule is CC[NH+](CC(=O)Nc1ccc(OC)cc1)CC(=O)Nc1cccc(C(C)=O)c1. The largest absolute Gasteiger partial charge is 0.497 e. The summed E-state index contributed by atoms with van der Waals surface area (Å²) in [6.07, 6.45) is 0. The van der Waals surface area contributed by atoms with Crippen LogP contribution in [0.25, 0.3) is 0 Å². The number of ketones is 1. The first kappa shape index (κ1) is 21.1. The number of hydrogen-bond donors (Lipinski definition) is 3. The molecule has 1 unspecified atom stereocenters. The number of methoxy groups -OCH3 is 1. The van der Waals surface area contributed by atoms with Gasteiger partial charge in [0.15, 0.2) is 18.9 Å². The highest BCUT2D eigenvalue weighted by molar-refractivity contribution is 5.97. The minimum absolute atomic E-state index is 0.0629. The summed E-state index contributed by atoms with van der Waals surface area (Å²) in [5.74, 6) is 0.264. The lowest BCUT2D eigenvalue weighted by atomic mass is 10.1. The summed E-state index contributed by atoms with van der Waals surface area (Å²) in [6.45, 7) is 4.34. The second-order valence-corrected chi connectivity index (χ2v) is 6.42. The van der Waals surface area contributed by atoms with Gasteiger partial charge in [0.2, 0.25) is 0 Å². The summed E-state index contributed by atoms with van der Waals surface area (Å²) < 4.78 is 5.09. The van der Waals surface area contributed by atoms with Crippen LogP contribution in [0.3, 0.4) is 0 Å². The fourth-order valence-electron chi connectivity index (χ4n) is 2.67. The zero-order valence-corrected chi connectivity index (χ0v) is 16.4. The number of Topliss-reactive ketones (excluding diaryl/α,β-unsaturated/α-hetero) is 1. The van der Waals surface area contributed by atoms with E-state index >= 15 is 0 Å². The molecule has 2 aromatic carbocycles. The predicted octanol–water partition coefficient (Wildman–Crippen LogP) is 1.38. The molecule has 3 N–H and O–H groups in total. The maximum absolute atomic E-state index is 12.3. The lowest BCUT2D eigenvalue weighted by Gasteiger charge is -2.17. The predicted molar refractivity (Wildman–Crippen MR) is 108 cm³/mol. The number of carbonyl (C=O) groups excluding carboxylic acids is 3. The summed E-state index contributed by atoms with van der Waals surface area (Å²) in [6, 6.07) is 13.8. The molecule has 0 aliphatic rings. The molecule has 0 bridgehead atoms. The first-order valence-electron chi connectivity index (χ1n) is 9.09. The monoisotopic (exact) mass is 384 g/mol. The molecule has 0 radical (unpaired) electrons. The van der Waals surface area contributed by atoms with Crippen LogP contribution >= 0.6 is 0 Å². The fourth-order valence-corrected chi connectivity index (χ4v) is 2.67. The second kappa shape index (κ2) is 10.2. The third-order valence-electron chi connectivity index (χ3n) is 4.25. The van der Waals surface area contributed by atoms with Crippen LogP contribution in [0.15, 0.2) is 48.5 Å². The van der Waals surface area contributed by atoms with E-state index in [4.69, 9.17) is 4.74 Å². The molecular formula is C21H26N3O4+. The van der Waals surface area contributed by atoms with Crippen molar-refractivity contribution < 1.29 is 24.0 Å². The normalized spacial score (nSPS) is 11.4. The molecule has 0 aromatic heterocycles. The van der Waals surface area contributed by atoms with Gasteiger partial charge in [0.05, 0.1) is 13.7 Å². The standard InChI is InChI=1S/C21H25N3O4/c1-4-24(13-20(26)22-17-8-10-19(28-3)11-9-17)14-21(27)23-18-7-5-6-16(12-18)15(2)25/h5-12H,4,13-14H2,1-3H3,(H,22,26)(H,23,27)/p+1. The molecule has 0 spiro atoms. The van der Waals surface area contributed by atoms with Gasteiger partial charge in [-0.2, -0.15) is 0 Å². The summed E-state index contributed by atoms with van der Waals surface area (Å²) >= 11 is 0. The van der Waals surface area contributed by atoms with E-state index < -0.39 is 0 Å². The molecule has 148 valence electrons. The summed E-state index contributed by atoms with van der Waals surface area (Å²) in [5, 5.41) is 5.60. The molecule has 0 aliphatic heterocycles. The number of carbonyl (C=O) groups is 3. The van der Waals surface area contributed by atoms with Crippen LogP contribution in [0.5, 0.6) is 5.75 Å². The summed E-state index contributed by atoms with van der Waals surface area (Å²) in [4.78, 5) is 36.8. The first-order valence-corrected chi connectivity index (χ1v) is 9.09. The minimum Gasteiger partial charge on any atom is -0.497 e. The van der Waals surface area contributed by atoms with Crippen molar-refractivity contribution in [3.63, 3.8) is 0 Å². The Morgan fingerprint density at radius 3 is 2.07 bits per heavy atom. The molecular weight excluding hydrogens is 358 g/mol. The molecule has 1 atom stereocenters. The minimum atomic E-state index is -0.213. The number of benzene rings is 2. The van der Waals surface area contributed by atoms with Gasteiger partial charge < -0.3 is 20.3 Å². The highest BCUT2D eigenvalue weighted by atomic mass is 16.5. The Kier molecular flexibility index (Phi) is 7.71. The molecule has 0 heterocycles. The zero-order valence-electron chi connectivity index (χ0n) is 16.4. The van der Waals surface area contributed by atoms with Crippen molar-refractivity contribution in [1.29, 1.82) is 0 Å². The fraction of sp³-hybridized carbons (Fsp3) is 0.286. The van der Waals surface area contributed by atoms with Gasteiger partial charge in [-0.3, -0.25) is 14.4 Å². The Morgan fingerprint density at radius 2 is 1.54 bits per heavy atom. The van der Waals surface area contributed by atoms with Crippen LogP contribution in [0, 0.1) is 0 Å². The molecule has 28 heavy (non-hydrogen) atoms. The molecule has 0 aliphatic carbocycles. The Hall–Kier alpha value is -3.19. The van der Waals surface area contributed by atoms with Crippen LogP contribution in [0.1, 0.15) is 24.2 Å². The van der Waals surface area contributed by atoms with Gasteiger partial charge in [-0.05, 0) is 50.2 Å². The number of anilines is 2. The van der Waals surface area contributed by atoms with Gasteiger partial charge in [-0.15, -0.1) is 0 Å². The van der Waals surface area contributed by atoms with Crippen molar-refractivity contribution in [2.75, 3.05) is 37.4 Å². The second-order valence-electron chi connectivity index (χ2n) is 6.42. The van der Waals surface area contributed by atoms with Crippen LogP contribution in [-0.2, 0) is 9.59 Å². The van der Waals surface area contributed by atoms with Gasteiger partial charge in [0.25, 0.3) is 11.8 Å². The Bertz CT molecular complexity index is 834. The van der Waals surface area contributed by atoms with Crippen LogP contribution in [0.2, 0.25) is 0 Å². The van der Waals surface area contributed by atoms with Crippen LogP contribution in [-0.4, -0.2) is 44.3 Å². The van der Waals surface area contributed by atoms with E-state index in [9.17, 15) is 14.4 Å². The van der Waals surface area contributed by atoms with Crippen molar-refractivity contribution in [1.82, 2.24) is 0 Å². The van der Waals surface area contributed by atoms with E-state index in [2.05, 4.69) is 10.6 Å². The zero-order chi connectivity index (χ0) is 20.5. The average molecular weight is 384 g/mol. The van der Waals surface area contributed by atoms with Gasteiger partial charge in [-0.1, -0.05) is 12.1 Å². The number of nitrogens with one attached hydrogen (secondary N) is 3. The molecule has 2 rings (SSSR count). The first-order chi connectivity index (χ1) is 13.4. The topological polar surface area (TPSA) is 88.9 Å². The molecule has 7 nitrogen and oxygen atoms in total. The van der Waals surface area contributed by atoms with Gasteiger partial charge in [0, 0.05) is 16.9 Å². The van der Waals surface area contributed by atoms with Gasteiger partial charge in [-0.25, -0.2) is 0 Å². The summed E-state index contributed by atoms with van der Waals surface area (Å²) in [5.41, 5.74) is 1.78. The lowest BCUT2D eigenvalue weighted by molar-refractivity contribution is -0.881. The number of ether oxygens (including phenoxy) is 1. The van der Waals surface area contributed by atoms with Crippen LogP contribution in [0.4, 0.5) is 11.4 Å².